The monoisotopic (exact) mass is 318 g/mol. The van der Waals surface area contributed by atoms with Crippen molar-refractivity contribution in [3.05, 3.63) is 39.9 Å². The molecule has 0 N–H and O–H groups in total. The molecule has 1 aromatic carbocycles. The third kappa shape index (κ3) is 2.61. The van der Waals surface area contributed by atoms with Gasteiger partial charge in [-0.15, -0.1) is 10.2 Å². The number of benzene rings is 1. The summed E-state index contributed by atoms with van der Waals surface area (Å²) in [7, 11) is 0. The fraction of sp³-hybridized carbons (Fsp3) is 0.0769. The summed E-state index contributed by atoms with van der Waals surface area (Å²) in [6, 6.07) is 9.27. The van der Waals surface area contributed by atoms with Gasteiger partial charge in [0.1, 0.15) is 10.0 Å². The summed E-state index contributed by atoms with van der Waals surface area (Å²) in [5.41, 5.74) is 1.30. The Morgan fingerprint density at radius 1 is 1.30 bits per heavy atom. The number of hydrogen-bond acceptors (Lipinski definition) is 6. The Labute approximate surface area is 128 Å². The molecule has 20 heavy (non-hydrogen) atoms. The summed E-state index contributed by atoms with van der Waals surface area (Å²) in [5, 5.41) is 20.3. The van der Waals surface area contributed by atoms with Gasteiger partial charge in [0.05, 0.1) is 17.1 Å². The molecule has 0 amide bonds. The average molecular weight is 319 g/mol. The molecule has 0 aliphatic carbocycles. The van der Waals surface area contributed by atoms with Gasteiger partial charge >= 0.3 is 0 Å². The Hall–Kier alpha value is -1.68. The molecule has 0 unspecified atom stereocenters. The maximum atomic E-state index is 9.27. The lowest BCUT2D eigenvalue weighted by molar-refractivity contribution is 0.981. The minimum atomic E-state index is 0.557. The number of aromatic nitrogens is 3. The Morgan fingerprint density at radius 3 is 2.85 bits per heavy atom. The van der Waals surface area contributed by atoms with Crippen LogP contribution in [0, 0.1) is 18.3 Å². The molecule has 2 heterocycles. The predicted octanol–water partition coefficient (Wildman–Crippen LogP) is 4.07. The van der Waals surface area contributed by atoms with Crippen LogP contribution in [0.3, 0.4) is 0 Å². The fourth-order valence-corrected chi connectivity index (χ4v) is 3.68. The maximum Gasteiger partial charge on any atom is 0.180 e. The zero-order chi connectivity index (χ0) is 14.1. The normalized spacial score (nSPS) is 10.7. The minimum Gasteiger partial charge on any atom is -0.241 e. The van der Waals surface area contributed by atoms with E-state index >= 15 is 0 Å². The predicted molar refractivity (Wildman–Crippen MR) is 80.2 cm³/mol. The highest BCUT2D eigenvalue weighted by molar-refractivity contribution is 8.01. The summed E-state index contributed by atoms with van der Waals surface area (Å²) >= 11 is 8.87. The van der Waals surface area contributed by atoms with E-state index in [4.69, 9.17) is 11.6 Å². The molecule has 0 bridgehead atoms. The topological polar surface area (TPSA) is 62.5 Å². The van der Waals surface area contributed by atoms with Crippen LogP contribution in [0.15, 0.2) is 33.6 Å². The Bertz CT molecular complexity index is 838. The van der Waals surface area contributed by atoms with Crippen molar-refractivity contribution in [1.29, 1.82) is 5.26 Å². The Morgan fingerprint density at radius 2 is 2.15 bits per heavy atom. The van der Waals surface area contributed by atoms with Gasteiger partial charge in [0.15, 0.2) is 4.34 Å². The molecule has 0 saturated carbocycles. The number of halogens is 1. The first-order chi connectivity index (χ1) is 9.65. The van der Waals surface area contributed by atoms with E-state index in [-0.39, 0.29) is 0 Å². The summed E-state index contributed by atoms with van der Waals surface area (Å²) in [5.74, 6) is 0. The van der Waals surface area contributed by atoms with Crippen molar-refractivity contribution in [1.82, 2.24) is 15.2 Å². The highest BCUT2D eigenvalue weighted by Crippen LogP contribution is 2.31. The van der Waals surface area contributed by atoms with Crippen molar-refractivity contribution >= 4 is 45.6 Å². The number of nitriles is 1. The van der Waals surface area contributed by atoms with E-state index in [1.807, 2.05) is 13.0 Å². The van der Waals surface area contributed by atoms with Crippen LogP contribution < -0.4 is 0 Å². The van der Waals surface area contributed by atoms with Crippen molar-refractivity contribution < 1.29 is 0 Å². The van der Waals surface area contributed by atoms with Crippen LogP contribution >= 0.6 is 34.7 Å². The molecular weight excluding hydrogens is 312 g/mol. The molecule has 4 nitrogen and oxygen atoms in total. The molecule has 0 aliphatic rings. The molecule has 98 valence electrons. The Balaban J connectivity index is 2.09. The first kappa shape index (κ1) is 13.3. The molecule has 0 radical (unpaired) electrons. The van der Waals surface area contributed by atoms with Crippen LogP contribution in [0.5, 0.6) is 0 Å². The largest absolute Gasteiger partial charge is 0.241 e. The molecule has 7 heteroatoms. The second-order valence-electron chi connectivity index (χ2n) is 3.97. The van der Waals surface area contributed by atoms with Crippen molar-refractivity contribution in [3.8, 4) is 6.07 Å². The van der Waals surface area contributed by atoms with Gasteiger partial charge in [0.25, 0.3) is 0 Å². The zero-order valence-electron chi connectivity index (χ0n) is 10.3. The van der Waals surface area contributed by atoms with Gasteiger partial charge in [-0.05, 0) is 43.0 Å². The molecule has 2 aromatic heterocycles. The number of nitrogens with zero attached hydrogens (tertiary/aromatic N) is 4. The summed E-state index contributed by atoms with van der Waals surface area (Å²) in [4.78, 5) is 4.52. The molecule has 0 aliphatic heterocycles. The highest BCUT2D eigenvalue weighted by Gasteiger charge is 2.10. The first-order valence-corrected chi connectivity index (χ1v) is 7.65. The van der Waals surface area contributed by atoms with E-state index in [1.54, 1.807) is 18.2 Å². The summed E-state index contributed by atoms with van der Waals surface area (Å²) in [6.07, 6.45) is 0. The quantitative estimate of drug-likeness (QED) is 0.712. The molecule has 3 rings (SSSR count). The number of hydrogen-bond donors (Lipinski definition) is 0. The van der Waals surface area contributed by atoms with E-state index in [0.717, 1.165) is 25.3 Å². The molecule has 0 fully saturated rings. The lowest BCUT2D eigenvalue weighted by Crippen LogP contribution is -1.88. The number of fused-ring (bicyclic) bond motifs is 1. The highest BCUT2D eigenvalue weighted by atomic mass is 35.5. The second-order valence-corrected chi connectivity index (χ2v) is 6.86. The summed E-state index contributed by atoms with van der Waals surface area (Å²) in [6.45, 7) is 1.90. The molecule has 0 saturated heterocycles. The van der Waals surface area contributed by atoms with Crippen LogP contribution in [0.25, 0.3) is 10.9 Å². The average Bonchev–Trinajstić information content (AvgIpc) is 2.83. The van der Waals surface area contributed by atoms with Gasteiger partial charge in [-0.3, -0.25) is 0 Å². The van der Waals surface area contributed by atoms with Crippen LogP contribution in [-0.4, -0.2) is 15.2 Å². The van der Waals surface area contributed by atoms with E-state index in [0.29, 0.717) is 10.6 Å². The van der Waals surface area contributed by atoms with E-state index < -0.39 is 0 Å². The third-order valence-corrected chi connectivity index (χ3v) is 4.61. The van der Waals surface area contributed by atoms with Gasteiger partial charge in [0, 0.05) is 10.4 Å². The van der Waals surface area contributed by atoms with Crippen LogP contribution in [0.4, 0.5) is 0 Å². The zero-order valence-corrected chi connectivity index (χ0v) is 12.7. The third-order valence-electron chi connectivity index (χ3n) is 2.57. The molecular formula is C13H7ClN4S2. The first-order valence-electron chi connectivity index (χ1n) is 5.64. The van der Waals surface area contributed by atoms with Crippen molar-refractivity contribution in [2.24, 2.45) is 0 Å². The van der Waals surface area contributed by atoms with E-state index in [1.165, 1.54) is 23.1 Å². The van der Waals surface area contributed by atoms with E-state index in [9.17, 15) is 5.26 Å². The van der Waals surface area contributed by atoms with Crippen molar-refractivity contribution in [2.75, 3.05) is 0 Å². The van der Waals surface area contributed by atoms with Crippen molar-refractivity contribution in [3.63, 3.8) is 0 Å². The lowest BCUT2D eigenvalue weighted by atomic mass is 10.1. The smallest absolute Gasteiger partial charge is 0.180 e. The van der Waals surface area contributed by atoms with Gasteiger partial charge in [-0.25, -0.2) is 4.98 Å². The minimum absolute atomic E-state index is 0.557. The molecule has 3 aromatic rings. The SMILES string of the molecule is Cc1nnc(Sc2cc(C#N)c3cc(Cl)ccc3n2)s1. The lowest BCUT2D eigenvalue weighted by Gasteiger charge is -2.03. The number of rotatable bonds is 2. The van der Waals surface area contributed by atoms with Crippen LogP contribution in [-0.2, 0) is 0 Å². The fourth-order valence-electron chi connectivity index (χ4n) is 1.73. The maximum absolute atomic E-state index is 9.27. The number of aryl methyl sites for hydroxylation is 1. The molecule has 0 spiro atoms. The van der Waals surface area contributed by atoms with Gasteiger partial charge < -0.3 is 0 Å². The van der Waals surface area contributed by atoms with Crippen molar-refractivity contribution in [2.45, 2.75) is 16.3 Å². The second kappa shape index (κ2) is 5.37. The van der Waals surface area contributed by atoms with Gasteiger partial charge in [-0.2, -0.15) is 5.26 Å². The van der Waals surface area contributed by atoms with Gasteiger partial charge in [-0.1, -0.05) is 22.9 Å². The standard InChI is InChI=1S/C13H7ClN4S2/c1-7-17-18-13(19-7)20-12-4-8(6-15)10-5-9(14)2-3-11(10)16-12/h2-5H,1H3. The van der Waals surface area contributed by atoms with Gasteiger partial charge in [0.2, 0.25) is 0 Å². The Kier molecular flexibility index (Phi) is 3.57. The van der Waals surface area contributed by atoms with Crippen LogP contribution in [0.2, 0.25) is 5.02 Å². The number of pyridine rings is 1. The van der Waals surface area contributed by atoms with Crippen LogP contribution in [0.1, 0.15) is 10.6 Å². The molecule has 0 atom stereocenters. The van der Waals surface area contributed by atoms with E-state index in [2.05, 4.69) is 21.3 Å². The summed E-state index contributed by atoms with van der Waals surface area (Å²) < 4.78 is 0.812.